The van der Waals surface area contributed by atoms with Crippen molar-refractivity contribution in [2.24, 2.45) is 5.92 Å². The van der Waals surface area contributed by atoms with Gasteiger partial charge < -0.3 is 5.11 Å². The zero-order valence-corrected chi connectivity index (χ0v) is 8.44. The fourth-order valence-electron chi connectivity index (χ4n) is 1.28. The van der Waals surface area contributed by atoms with E-state index < -0.39 is 23.7 Å². The van der Waals surface area contributed by atoms with Crippen LogP contribution >= 0.6 is 0 Å². The largest absolute Gasteiger partial charge is 0.478 e. The highest BCUT2D eigenvalue weighted by atomic mass is 19.3. The Balaban J connectivity index is 3.12. The summed E-state index contributed by atoms with van der Waals surface area (Å²) in [5, 5.41) is 12.3. The molecule has 0 fully saturated rings. The number of alkyl halides is 2. The number of aromatic carboxylic acids is 1. The van der Waals surface area contributed by atoms with Crippen LogP contribution in [0.15, 0.2) is 6.20 Å². The van der Waals surface area contributed by atoms with Gasteiger partial charge in [-0.25, -0.2) is 13.6 Å². The van der Waals surface area contributed by atoms with Gasteiger partial charge in [-0.05, 0) is 5.92 Å². The van der Waals surface area contributed by atoms with E-state index in [0.717, 1.165) is 10.9 Å². The van der Waals surface area contributed by atoms with Crippen LogP contribution in [0.25, 0.3) is 0 Å². The maximum atomic E-state index is 12.6. The van der Waals surface area contributed by atoms with Gasteiger partial charge in [0.1, 0.15) is 11.3 Å². The molecule has 84 valence electrons. The summed E-state index contributed by atoms with van der Waals surface area (Å²) < 4.78 is 26.3. The molecular formula is C9H12F2N2O2. The van der Waals surface area contributed by atoms with Gasteiger partial charge in [0.2, 0.25) is 0 Å². The molecule has 0 aliphatic carbocycles. The molecule has 4 nitrogen and oxygen atoms in total. The van der Waals surface area contributed by atoms with E-state index in [4.69, 9.17) is 5.11 Å². The number of halogens is 2. The third-order valence-electron chi connectivity index (χ3n) is 1.86. The first kappa shape index (κ1) is 11.6. The van der Waals surface area contributed by atoms with Crippen LogP contribution in [0, 0.1) is 5.92 Å². The molecule has 0 aliphatic heterocycles. The topological polar surface area (TPSA) is 55.1 Å². The molecule has 0 saturated heterocycles. The molecule has 0 bridgehead atoms. The third-order valence-corrected chi connectivity index (χ3v) is 1.86. The van der Waals surface area contributed by atoms with Crippen molar-refractivity contribution in [2.75, 3.05) is 0 Å². The summed E-state index contributed by atoms with van der Waals surface area (Å²) >= 11 is 0. The molecule has 1 aromatic rings. The Morgan fingerprint density at radius 1 is 1.60 bits per heavy atom. The fourth-order valence-corrected chi connectivity index (χ4v) is 1.28. The molecule has 1 rings (SSSR count). The number of carbonyl (C=O) groups is 1. The van der Waals surface area contributed by atoms with Gasteiger partial charge in [0.15, 0.2) is 0 Å². The molecule has 0 radical (unpaired) electrons. The molecule has 0 spiro atoms. The van der Waals surface area contributed by atoms with E-state index in [1.165, 1.54) is 0 Å². The minimum Gasteiger partial charge on any atom is -0.478 e. The molecule has 0 atom stereocenters. The minimum absolute atomic E-state index is 0.129. The predicted octanol–water partition coefficient (Wildman–Crippen LogP) is 2.17. The lowest BCUT2D eigenvalue weighted by Gasteiger charge is -2.09. The summed E-state index contributed by atoms with van der Waals surface area (Å²) in [6.07, 6.45) is -1.86. The van der Waals surface area contributed by atoms with Gasteiger partial charge in [-0.1, -0.05) is 13.8 Å². The van der Waals surface area contributed by atoms with E-state index >= 15 is 0 Å². The van der Waals surface area contributed by atoms with Gasteiger partial charge in [0.05, 0.1) is 6.20 Å². The van der Waals surface area contributed by atoms with Crippen molar-refractivity contribution >= 4 is 5.97 Å². The van der Waals surface area contributed by atoms with Crippen molar-refractivity contribution in [1.82, 2.24) is 9.78 Å². The van der Waals surface area contributed by atoms with Crippen molar-refractivity contribution in [3.63, 3.8) is 0 Å². The highest BCUT2D eigenvalue weighted by Gasteiger charge is 2.24. The number of rotatable bonds is 4. The van der Waals surface area contributed by atoms with Gasteiger partial charge in [0.25, 0.3) is 6.43 Å². The quantitative estimate of drug-likeness (QED) is 0.842. The Labute approximate surface area is 85.5 Å². The number of hydrogen-bond donors (Lipinski definition) is 1. The van der Waals surface area contributed by atoms with Crippen LogP contribution < -0.4 is 0 Å². The maximum Gasteiger partial charge on any atom is 0.339 e. The molecule has 6 heteroatoms. The predicted molar refractivity (Wildman–Crippen MR) is 49.0 cm³/mol. The van der Waals surface area contributed by atoms with E-state index in [9.17, 15) is 13.6 Å². The normalized spacial score (nSPS) is 11.3. The average molecular weight is 218 g/mol. The van der Waals surface area contributed by atoms with Crippen molar-refractivity contribution in [3.05, 3.63) is 17.5 Å². The maximum absolute atomic E-state index is 12.6. The van der Waals surface area contributed by atoms with E-state index in [-0.39, 0.29) is 12.5 Å². The highest BCUT2D eigenvalue weighted by molar-refractivity contribution is 5.88. The molecule has 0 aliphatic rings. The Bertz CT molecular complexity index is 361. The zero-order chi connectivity index (χ0) is 11.6. The summed E-state index contributed by atoms with van der Waals surface area (Å²) in [7, 11) is 0. The second-order valence-corrected chi connectivity index (χ2v) is 3.63. The van der Waals surface area contributed by atoms with Crippen molar-refractivity contribution in [1.29, 1.82) is 0 Å². The van der Waals surface area contributed by atoms with Crippen molar-refractivity contribution in [3.8, 4) is 0 Å². The monoisotopic (exact) mass is 218 g/mol. The second-order valence-electron chi connectivity index (χ2n) is 3.63. The molecule has 0 saturated carbocycles. The first-order valence-corrected chi connectivity index (χ1v) is 4.50. The number of carboxylic acids is 1. The lowest BCUT2D eigenvalue weighted by atomic mass is 10.2. The van der Waals surface area contributed by atoms with Crippen molar-refractivity contribution < 1.29 is 18.7 Å². The summed E-state index contributed by atoms with van der Waals surface area (Å²) in [5.41, 5.74) is -0.943. The molecule has 1 N–H and O–H groups in total. The number of hydrogen-bond acceptors (Lipinski definition) is 2. The number of nitrogens with zero attached hydrogens (tertiary/aromatic N) is 2. The van der Waals surface area contributed by atoms with Crippen LogP contribution in [0.3, 0.4) is 0 Å². The van der Waals surface area contributed by atoms with E-state index in [1.807, 2.05) is 13.8 Å². The third kappa shape index (κ3) is 2.51. The van der Waals surface area contributed by atoms with Gasteiger partial charge in [-0.2, -0.15) is 5.10 Å². The minimum atomic E-state index is -2.82. The van der Waals surface area contributed by atoms with Crippen LogP contribution in [0.4, 0.5) is 8.78 Å². The van der Waals surface area contributed by atoms with Crippen LogP contribution in [0.5, 0.6) is 0 Å². The Hall–Kier alpha value is -1.46. The fraction of sp³-hybridized carbons (Fsp3) is 0.556. The standard InChI is InChI=1S/C9H12F2N2O2/c1-5(2)4-13-7(8(10)11)6(3-12-13)9(14)15/h3,5,8H,4H2,1-2H3,(H,14,15). The van der Waals surface area contributed by atoms with E-state index in [2.05, 4.69) is 5.10 Å². The number of aromatic nitrogens is 2. The number of carboxylic acid groups (broad SMARTS) is 1. The molecule has 0 amide bonds. The van der Waals surface area contributed by atoms with Gasteiger partial charge >= 0.3 is 5.97 Å². The smallest absolute Gasteiger partial charge is 0.339 e. The van der Waals surface area contributed by atoms with Crippen molar-refractivity contribution in [2.45, 2.75) is 26.8 Å². The molecule has 1 heterocycles. The first-order valence-electron chi connectivity index (χ1n) is 4.50. The first-order chi connectivity index (χ1) is 6.93. The summed E-state index contributed by atoms with van der Waals surface area (Å²) in [6, 6.07) is 0. The summed E-state index contributed by atoms with van der Waals surface area (Å²) in [4.78, 5) is 10.6. The van der Waals surface area contributed by atoms with Gasteiger partial charge in [-0.3, -0.25) is 4.68 Å². The Kier molecular flexibility index (Phi) is 3.39. The van der Waals surface area contributed by atoms with Crippen LogP contribution in [0.1, 0.15) is 36.3 Å². The molecule has 15 heavy (non-hydrogen) atoms. The molecule has 0 aromatic carbocycles. The average Bonchev–Trinajstić information content (AvgIpc) is 2.46. The van der Waals surface area contributed by atoms with Crippen LogP contribution in [-0.2, 0) is 6.54 Å². The molecular weight excluding hydrogens is 206 g/mol. The van der Waals surface area contributed by atoms with E-state index in [1.54, 1.807) is 0 Å². The second kappa shape index (κ2) is 4.37. The van der Waals surface area contributed by atoms with Crippen LogP contribution in [-0.4, -0.2) is 20.9 Å². The zero-order valence-electron chi connectivity index (χ0n) is 8.44. The van der Waals surface area contributed by atoms with Crippen LogP contribution in [0.2, 0.25) is 0 Å². The van der Waals surface area contributed by atoms with E-state index in [0.29, 0.717) is 0 Å². The SMILES string of the molecule is CC(C)Cn1ncc(C(=O)O)c1C(F)F. The Morgan fingerprint density at radius 2 is 2.20 bits per heavy atom. The lowest BCUT2D eigenvalue weighted by molar-refractivity contribution is 0.0681. The summed E-state index contributed by atoms with van der Waals surface area (Å²) in [5.74, 6) is -1.25. The molecule has 1 aromatic heterocycles. The molecule has 0 unspecified atom stereocenters. The van der Waals surface area contributed by atoms with Gasteiger partial charge in [-0.15, -0.1) is 0 Å². The van der Waals surface area contributed by atoms with Gasteiger partial charge in [0, 0.05) is 6.54 Å². The highest BCUT2D eigenvalue weighted by Crippen LogP contribution is 2.23. The summed E-state index contributed by atoms with van der Waals surface area (Å²) in [6.45, 7) is 3.97. The lowest BCUT2D eigenvalue weighted by Crippen LogP contribution is -2.12. The Morgan fingerprint density at radius 3 is 2.60 bits per heavy atom.